The molecule has 146 valence electrons. The Morgan fingerprint density at radius 3 is 2.63 bits per heavy atom. The first kappa shape index (κ1) is 20.4. The van der Waals surface area contributed by atoms with Crippen molar-refractivity contribution in [2.24, 2.45) is 4.99 Å². The average molecular weight is 383 g/mol. The summed E-state index contributed by atoms with van der Waals surface area (Å²) in [6, 6.07) is 9.54. The summed E-state index contributed by atoms with van der Waals surface area (Å²) >= 11 is 0. The fraction of sp³-hybridized carbons (Fsp3) is 0.353. The number of halogens is 3. The first-order valence-electron chi connectivity index (χ1n) is 8.08. The second-order valence-corrected chi connectivity index (χ2v) is 5.81. The van der Waals surface area contributed by atoms with E-state index in [9.17, 15) is 18.0 Å². The highest BCUT2D eigenvalue weighted by Gasteiger charge is 2.33. The number of aromatic nitrogens is 2. The molecular weight excluding hydrogens is 363 g/mol. The van der Waals surface area contributed by atoms with Crippen LogP contribution in [0.4, 0.5) is 19.0 Å². The van der Waals surface area contributed by atoms with Crippen LogP contribution in [0.2, 0.25) is 0 Å². The standard InChI is InChI=1S/C17H20F3N5O2/c1-11(10-27-2)21-16(22-14-9-13(24-25-14)17(18,19)20)23-15(26)8-12-6-4-3-5-7-12/h3-7,9,11H,8,10H2,1-2H3,(H3,21,22,23,24,25,26). The second-order valence-electron chi connectivity index (χ2n) is 5.81. The minimum absolute atomic E-state index is 0.0132. The molecule has 7 nitrogen and oxygen atoms in total. The average Bonchev–Trinajstić information content (AvgIpc) is 3.04. The molecule has 27 heavy (non-hydrogen) atoms. The Morgan fingerprint density at radius 1 is 1.33 bits per heavy atom. The van der Waals surface area contributed by atoms with Crippen LogP contribution in [0.15, 0.2) is 41.4 Å². The third-order valence-corrected chi connectivity index (χ3v) is 3.36. The number of aromatic amines is 1. The second kappa shape index (κ2) is 9.17. The van der Waals surface area contributed by atoms with E-state index in [-0.39, 0.29) is 24.2 Å². The molecule has 1 heterocycles. The number of carbonyl (C=O) groups is 1. The number of alkyl halides is 3. The summed E-state index contributed by atoms with van der Waals surface area (Å²) in [5.41, 5.74) is -0.237. The number of amides is 1. The molecule has 0 aliphatic heterocycles. The lowest BCUT2D eigenvalue weighted by Gasteiger charge is -2.16. The monoisotopic (exact) mass is 383 g/mol. The highest BCUT2D eigenvalue weighted by atomic mass is 19.4. The van der Waals surface area contributed by atoms with Crippen molar-refractivity contribution in [3.8, 4) is 0 Å². The van der Waals surface area contributed by atoms with Gasteiger partial charge in [-0.05, 0) is 12.5 Å². The molecule has 1 atom stereocenters. The zero-order chi connectivity index (χ0) is 19.9. The summed E-state index contributed by atoms with van der Waals surface area (Å²) in [6.45, 7) is 2.08. The van der Waals surface area contributed by atoms with Gasteiger partial charge in [0.2, 0.25) is 5.96 Å². The number of nitrogens with zero attached hydrogens (tertiary/aromatic N) is 2. The van der Waals surface area contributed by atoms with Crippen LogP contribution in [0.3, 0.4) is 0 Å². The van der Waals surface area contributed by atoms with Gasteiger partial charge in [0.1, 0.15) is 5.69 Å². The number of rotatable bonds is 6. The van der Waals surface area contributed by atoms with Gasteiger partial charge in [-0.2, -0.15) is 23.3 Å². The van der Waals surface area contributed by atoms with Gasteiger partial charge in [0.25, 0.3) is 5.91 Å². The Kier molecular flexibility index (Phi) is 6.94. The van der Waals surface area contributed by atoms with Gasteiger partial charge in [0.15, 0.2) is 5.82 Å². The third-order valence-electron chi connectivity index (χ3n) is 3.36. The molecule has 2 aromatic rings. The Bertz CT molecular complexity index is 774. The van der Waals surface area contributed by atoms with E-state index in [1.165, 1.54) is 7.11 Å². The molecule has 0 bridgehead atoms. The van der Waals surface area contributed by atoms with Crippen molar-refractivity contribution in [3.63, 3.8) is 0 Å². The van der Waals surface area contributed by atoms with Gasteiger partial charge >= 0.3 is 6.18 Å². The molecular formula is C17H20F3N5O2. The molecule has 2 rings (SSSR count). The molecule has 0 fully saturated rings. The first-order valence-corrected chi connectivity index (χ1v) is 8.08. The smallest absolute Gasteiger partial charge is 0.383 e. The van der Waals surface area contributed by atoms with Gasteiger partial charge < -0.3 is 15.4 Å². The van der Waals surface area contributed by atoms with Crippen molar-refractivity contribution in [2.45, 2.75) is 25.6 Å². The van der Waals surface area contributed by atoms with Crippen LogP contribution in [0, 0.1) is 0 Å². The predicted octanol–water partition coefficient (Wildman–Crippen LogP) is 2.59. The predicted molar refractivity (Wildman–Crippen MR) is 94.3 cm³/mol. The molecule has 0 spiro atoms. The Morgan fingerprint density at radius 2 is 2.04 bits per heavy atom. The van der Waals surface area contributed by atoms with E-state index in [4.69, 9.17) is 4.74 Å². The number of guanidine groups is 1. The number of anilines is 1. The summed E-state index contributed by atoms with van der Waals surface area (Å²) in [4.78, 5) is 16.1. The molecule has 0 aliphatic carbocycles. The van der Waals surface area contributed by atoms with Crippen LogP contribution in [0.1, 0.15) is 18.2 Å². The molecule has 0 radical (unpaired) electrons. The summed E-state index contributed by atoms with van der Waals surface area (Å²) in [7, 11) is 1.51. The van der Waals surface area contributed by atoms with E-state index >= 15 is 0 Å². The first-order chi connectivity index (χ1) is 12.8. The maximum Gasteiger partial charge on any atom is 0.432 e. The number of hydrogen-bond acceptors (Lipinski definition) is 3. The van der Waals surface area contributed by atoms with E-state index in [0.29, 0.717) is 6.61 Å². The van der Waals surface area contributed by atoms with Gasteiger partial charge in [-0.1, -0.05) is 30.3 Å². The minimum Gasteiger partial charge on any atom is -0.383 e. The number of carbonyl (C=O) groups excluding carboxylic acids is 1. The summed E-state index contributed by atoms with van der Waals surface area (Å²) in [5, 5.41) is 10.9. The largest absolute Gasteiger partial charge is 0.432 e. The number of hydrogen-bond donors (Lipinski definition) is 3. The van der Waals surface area contributed by atoms with Gasteiger partial charge in [-0.15, -0.1) is 0 Å². The fourth-order valence-corrected chi connectivity index (χ4v) is 2.21. The number of H-pyrrole nitrogens is 1. The van der Waals surface area contributed by atoms with E-state index in [0.717, 1.165) is 11.6 Å². The normalized spacial score (nSPS) is 13.3. The van der Waals surface area contributed by atoms with Crippen molar-refractivity contribution >= 4 is 17.7 Å². The van der Waals surface area contributed by atoms with Crippen molar-refractivity contribution in [2.75, 3.05) is 19.0 Å². The number of ether oxygens (including phenoxy) is 1. The number of nitrogens with one attached hydrogen (secondary N) is 3. The van der Waals surface area contributed by atoms with Gasteiger partial charge in [0, 0.05) is 19.2 Å². The molecule has 1 aromatic heterocycles. The third kappa shape index (κ3) is 6.74. The van der Waals surface area contributed by atoms with Crippen molar-refractivity contribution in [3.05, 3.63) is 47.7 Å². The SMILES string of the molecule is COCC(C)N/C(=N/C(=O)Cc1ccccc1)Nc1cc(C(F)(F)F)[nH]n1. The molecule has 1 unspecified atom stereocenters. The Balaban J connectivity index is 2.14. The fourth-order valence-electron chi connectivity index (χ4n) is 2.21. The van der Waals surface area contributed by atoms with Crippen LogP contribution in [0.5, 0.6) is 0 Å². The lowest BCUT2D eigenvalue weighted by atomic mass is 10.1. The van der Waals surface area contributed by atoms with Crippen molar-refractivity contribution in [1.82, 2.24) is 15.5 Å². The molecule has 1 aromatic carbocycles. The summed E-state index contributed by atoms with van der Waals surface area (Å²) in [6.07, 6.45) is -4.50. The lowest BCUT2D eigenvalue weighted by molar-refractivity contribution is -0.141. The molecule has 0 aliphatic rings. The number of methoxy groups -OCH3 is 1. The van der Waals surface area contributed by atoms with Crippen molar-refractivity contribution < 1.29 is 22.7 Å². The highest BCUT2D eigenvalue weighted by Crippen LogP contribution is 2.28. The Hall–Kier alpha value is -2.88. The zero-order valence-corrected chi connectivity index (χ0v) is 14.8. The topological polar surface area (TPSA) is 91.4 Å². The number of benzene rings is 1. The summed E-state index contributed by atoms with van der Waals surface area (Å²) in [5.74, 6) is -0.598. The lowest BCUT2D eigenvalue weighted by Crippen LogP contribution is -2.40. The van der Waals surface area contributed by atoms with Crippen LogP contribution in [-0.2, 0) is 22.1 Å². The molecule has 3 N–H and O–H groups in total. The summed E-state index contributed by atoms with van der Waals surface area (Å²) < 4.78 is 43.1. The van der Waals surface area contributed by atoms with E-state index in [2.05, 4.69) is 20.7 Å². The molecule has 0 saturated heterocycles. The minimum atomic E-state index is -4.55. The van der Waals surface area contributed by atoms with Crippen LogP contribution >= 0.6 is 0 Å². The quantitative estimate of drug-likeness (QED) is 0.527. The maximum atomic E-state index is 12.7. The van der Waals surface area contributed by atoms with Crippen molar-refractivity contribution in [1.29, 1.82) is 0 Å². The van der Waals surface area contributed by atoms with Gasteiger partial charge in [-0.25, -0.2) is 0 Å². The van der Waals surface area contributed by atoms with Crippen LogP contribution in [-0.4, -0.2) is 41.8 Å². The van der Waals surface area contributed by atoms with Crippen LogP contribution in [0.25, 0.3) is 0 Å². The Labute approximate surface area is 154 Å². The number of aliphatic imine (C=N–C) groups is 1. The maximum absolute atomic E-state index is 12.7. The van der Waals surface area contributed by atoms with E-state index < -0.39 is 17.8 Å². The van der Waals surface area contributed by atoms with Gasteiger partial charge in [-0.3, -0.25) is 9.89 Å². The molecule has 0 saturated carbocycles. The van der Waals surface area contributed by atoms with E-state index in [1.54, 1.807) is 31.2 Å². The zero-order valence-electron chi connectivity index (χ0n) is 14.8. The van der Waals surface area contributed by atoms with E-state index in [1.807, 2.05) is 11.2 Å². The van der Waals surface area contributed by atoms with Gasteiger partial charge in [0.05, 0.1) is 13.0 Å². The molecule has 10 heteroatoms. The molecule has 1 amide bonds. The van der Waals surface area contributed by atoms with Crippen LogP contribution < -0.4 is 10.6 Å². The highest BCUT2D eigenvalue weighted by molar-refractivity contribution is 6.01.